The summed E-state index contributed by atoms with van der Waals surface area (Å²) in [5, 5.41) is 11.6. The predicted molar refractivity (Wildman–Crippen MR) is 109 cm³/mol. The van der Waals surface area contributed by atoms with E-state index in [1.54, 1.807) is 18.3 Å². The van der Waals surface area contributed by atoms with Crippen molar-refractivity contribution >= 4 is 28.8 Å². The van der Waals surface area contributed by atoms with Crippen LogP contribution < -0.4 is 5.73 Å². The van der Waals surface area contributed by atoms with Crippen LogP contribution in [0.2, 0.25) is 5.02 Å². The number of hydrogen-bond acceptors (Lipinski definition) is 4. The lowest BCUT2D eigenvalue weighted by molar-refractivity contribution is 0.220. The molecule has 134 valence electrons. The van der Waals surface area contributed by atoms with Gasteiger partial charge in [0.05, 0.1) is 4.88 Å². The summed E-state index contributed by atoms with van der Waals surface area (Å²) < 4.78 is 0. The molecule has 0 saturated carbocycles. The van der Waals surface area contributed by atoms with Crippen molar-refractivity contribution in [2.75, 3.05) is 6.54 Å². The molecule has 6 heteroatoms. The molecule has 3 rings (SSSR count). The second-order valence-electron chi connectivity index (χ2n) is 5.89. The molecule has 0 radical (unpaired) electrons. The summed E-state index contributed by atoms with van der Waals surface area (Å²) in [6.45, 7) is 4.47. The summed E-state index contributed by atoms with van der Waals surface area (Å²) >= 11 is 7.49. The fourth-order valence-electron chi connectivity index (χ4n) is 2.72. The van der Waals surface area contributed by atoms with Gasteiger partial charge in [0.15, 0.2) is 0 Å². The van der Waals surface area contributed by atoms with E-state index in [2.05, 4.69) is 9.98 Å². The second kappa shape index (κ2) is 7.99. The van der Waals surface area contributed by atoms with Crippen molar-refractivity contribution in [2.24, 2.45) is 10.7 Å². The van der Waals surface area contributed by atoms with Gasteiger partial charge in [0.2, 0.25) is 0 Å². The number of nitrogens with zero attached hydrogens (tertiary/aromatic N) is 2. The Morgan fingerprint density at radius 2 is 2.00 bits per heavy atom. The molecule has 26 heavy (non-hydrogen) atoms. The number of hydrogen-bond donors (Lipinski definition) is 2. The van der Waals surface area contributed by atoms with E-state index in [1.165, 1.54) is 11.3 Å². The highest BCUT2D eigenvalue weighted by Crippen LogP contribution is 2.37. The molecule has 2 heterocycles. The van der Waals surface area contributed by atoms with Gasteiger partial charge in [-0.25, -0.2) is 0 Å². The van der Waals surface area contributed by atoms with Crippen LogP contribution in [0.4, 0.5) is 0 Å². The van der Waals surface area contributed by atoms with Crippen LogP contribution in [0, 0.1) is 6.92 Å². The Morgan fingerprint density at radius 1 is 1.27 bits per heavy atom. The van der Waals surface area contributed by atoms with E-state index >= 15 is 0 Å². The van der Waals surface area contributed by atoms with Crippen LogP contribution >= 0.6 is 22.9 Å². The van der Waals surface area contributed by atoms with Gasteiger partial charge in [-0.05, 0) is 55.3 Å². The number of amidine groups is 1. The van der Waals surface area contributed by atoms with Gasteiger partial charge in [-0.1, -0.05) is 23.7 Å². The maximum absolute atomic E-state index is 10.9. The fraction of sp³-hybridized carbons (Fsp3) is 0.200. The lowest BCUT2D eigenvalue weighted by Crippen LogP contribution is -2.15. The van der Waals surface area contributed by atoms with Gasteiger partial charge in [0, 0.05) is 33.9 Å². The third-order valence-corrected chi connectivity index (χ3v) is 5.46. The first-order chi connectivity index (χ1) is 12.5. The van der Waals surface area contributed by atoms with Crippen LogP contribution in [-0.2, 0) is 0 Å². The zero-order valence-electron chi connectivity index (χ0n) is 14.6. The van der Waals surface area contributed by atoms with E-state index in [0.29, 0.717) is 17.4 Å². The van der Waals surface area contributed by atoms with Gasteiger partial charge in [0.1, 0.15) is 11.9 Å². The second-order valence-corrected chi connectivity index (χ2v) is 7.38. The van der Waals surface area contributed by atoms with Gasteiger partial charge < -0.3 is 10.8 Å². The predicted octanol–water partition coefficient (Wildman–Crippen LogP) is 4.58. The minimum Gasteiger partial charge on any atom is -0.384 e. The Labute approximate surface area is 162 Å². The van der Waals surface area contributed by atoms with Crippen molar-refractivity contribution in [1.82, 2.24) is 4.98 Å². The number of aryl methyl sites for hydroxylation is 1. The van der Waals surface area contributed by atoms with Crippen LogP contribution in [0.5, 0.6) is 0 Å². The number of halogens is 1. The van der Waals surface area contributed by atoms with Gasteiger partial charge in [-0.3, -0.25) is 9.98 Å². The first-order valence-electron chi connectivity index (χ1n) is 8.30. The Bertz CT molecular complexity index is 934. The third kappa shape index (κ3) is 3.96. The topological polar surface area (TPSA) is 71.5 Å². The molecule has 3 aromatic rings. The molecular weight excluding hydrogens is 366 g/mol. The highest BCUT2D eigenvalue weighted by atomic mass is 35.5. The molecule has 0 aliphatic rings. The molecule has 0 bridgehead atoms. The van der Waals surface area contributed by atoms with Crippen LogP contribution in [0.3, 0.4) is 0 Å². The molecule has 3 N–H and O–H groups in total. The van der Waals surface area contributed by atoms with Crippen molar-refractivity contribution in [1.29, 1.82) is 0 Å². The van der Waals surface area contributed by atoms with Crippen LogP contribution in [-0.4, -0.2) is 22.5 Å². The molecule has 1 atom stereocenters. The van der Waals surface area contributed by atoms with E-state index in [1.807, 2.05) is 44.2 Å². The average molecular weight is 386 g/mol. The molecule has 0 fully saturated rings. The number of aliphatic hydroxyl groups excluding tert-OH is 1. The van der Waals surface area contributed by atoms with Crippen molar-refractivity contribution in [2.45, 2.75) is 20.0 Å². The monoisotopic (exact) mass is 385 g/mol. The number of aliphatic hydroxyl groups is 1. The third-order valence-electron chi connectivity index (χ3n) is 3.98. The van der Waals surface area contributed by atoms with Gasteiger partial charge in [-0.2, -0.15) is 0 Å². The summed E-state index contributed by atoms with van der Waals surface area (Å²) in [6.07, 6.45) is 0.976. The first kappa shape index (κ1) is 18.6. The SMILES string of the molecule is CCN=C(N)c1sc(-c2ccnc(C)c2)cc1C(O)c1ccc(Cl)cc1. The Hall–Kier alpha value is -2.21. The molecule has 2 aromatic heterocycles. The minimum absolute atomic E-state index is 0.442. The van der Waals surface area contributed by atoms with Gasteiger partial charge >= 0.3 is 0 Å². The molecule has 1 aromatic carbocycles. The highest BCUT2D eigenvalue weighted by molar-refractivity contribution is 7.17. The Balaban J connectivity index is 2.10. The number of rotatable bonds is 5. The van der Waals surface area contributed by atoms with Crippen molar-refractivity contribution < 1.29 is 5.11 Å². The van der Waals surface area contributed by atoms with Crippen molar-refractivity contribution in [3.8, 4) is 10.4 Å². The standard InChI is InChI=1S/C20H20ClN3OS/c1-3-23-20(22)19-16(18(25)13-4-6-15(21)7-5-13)11-17(26-19)14-8-9-24-12(2)10-14/h4-11,18,25H,3H2,1-2H3,(H2,22,23). The van der Waals surface area contributed by atoms with Crippen LogP contribution in [0.15, 0.2) is 53.7 Å². The molecule has 0 amide bonds. The number of nitrogens with two attached hydrogens (primary N) is 1. The Kier molecular flexibility index (Phi) is 5.71. The van der Waals surface area contributed by atoms with Crippen LogP contribution in [0.1, 0.15) is 34.7 Å². The average Bonchev–Trinajstić information content (AvgIpc) is 3.07. The highest BCUT2D eigenvalue weighted by Gasteiger charge is 2.21. The molecular formula is C20H20ClN3OS. The van der Waals surface area contributed by atoms with Gasteiger partial charge in [0.25, 0.3) is 0 Å². The van der Waals surface area contributed by atoms with Crippen molar-refractivity contribution in [3.05, 3.63) is 75.4 Å². The van der Waals surface area contributed by atoms with Crippen LogP contribution in [0.25, 0.3) is 10.4 Å². The first-order valence-corrected chi connectivity index (χ1v) is 9.49. The summed E-state index contributed by atoms with van der Waals surface area (Å²) in [4.78, 5) is 10.4. The number of benzene rings is 1. The van der Waals surface area contributed by atoms with E-state index in [9.17, 15) is 5.11 Å². The molecule has 0 aliphatic heterocycles. The summed E-state index contributed by atoms with van der Waals surface area (Å²) in [6, 6.07) is 13.1. The molecule has 0 spiro atoms. The van der Waals surface area contributed by atoms with E-state index in [4.69, 9.17) is 17.3 Å². The molecule has 1 unspecified atom stereocenters. The number of aliphatic imine (C=N–C) groups is 1. The minimum atomic E-state index is -0.805. The number of pyridine rings is 1. The lowest BCUT2D eigenvalue weighted by Gasteiger charge is -2.12. The maximum Gasteiger partial charge on any atom is 0.136 e. The number of thiophene rings is 1. The summed E-state index contributed by atoms with van der Waals surface area (Å²) in [7, 11) is 0. The Morgan fingerprint density at radius 3 is 2.65 bits per heavy atom. The summed E-state index contributed by atoms with van der Waals surface area (Å²) in [5.74, 6) is 0.442. The number of aromatic nitrogens is 1. The largest absolute Gasteiger partial charge is 0.384 e. The zero-order chi connectivity index (χ0) is 18.7. The van der Waals surface area contributed by atoms with E-state index in [-0.39, 0.29) is 0 Å². The quantitative estimate of drug-likeness (QED) is 0.498. The zero-order valence-corrected chi connectivity index (χ0v) is 16.2. The summed E-state index contributed by atoms with van der Waals surface area (Å²) in [5.41, 5.74) is 9.67. The van der Waals surface area contributed by atoms with E-state index < -0.39 is 6.10 Å². The molecule has 0 aliphatic carbocycles. The lowest BCUT2D eigenvalue weighted by atomic mass is 10.0. The van der Waals surface area contributed by atoms with Crippen molar-refractivity contribution in [3.63, 3.8) is 0 Å². The fourth-order valence-corrected chi connectivity index (χ4v) is 3.95. The normalized spacial score (nSPS) is 13.0. The maximum atomic E-state index is 10.9. The van der Waals surface area contributed by atoms with E-state index in [0.717, 1.165) is 32.1 Å². The van der Waals surface area contributed by atoms with Gasteiger partial charge in [-0.15, -0.1) is 11.3 Å². The smallest absolute Gasteiger partial charge is 0.136 e. The molecule has 4 nitrogen and oxygen atoms in total. The molecule has 0 saturated heterocycles.